The van der Waals surface area contributed by atoms with Gasteiger partial charge in [-0.2, -0.15) is 0 Å². The Hall–Kier alpha value is -0.680. The maximum atomic E-state index is 13.1. The SMILES string of the molecule is O=C(NC(=S)N1CCCC[C@H]1CO)C12CC3CC(CC(C3)C1)C2. The van der Waals surface area contributed by atoms with Crippen LogP contribution >= 0.6 is 12.2 Å². The van der Waals surface area contributed by atoms with E-state index in [1.54, 1.807) is 0 Å². The van der Waals surface area contributed by atoms with Crippen molar-refractivity contribution in [2.24, 2.45) is 23.2 Å². The second-order valence-electron chi connectivity index (χ2n) is 8.48. The summed E-state index contributed by atoms with van der Waals surface area (Å²) in [4.78, 5) is 15.1. The quantitative estimate of drug-likeness (QED) is 0.761. The summed E-state index contributed by atoms with van der Waals surface area (Å²) in [6.07, 6.45) is 10.4. The number of thiocarbonyl (C=S) groups is 1. The van der Waals surface area contributed by atoms with Gasteiger partial charge in [0, 0.05) is 6.54 Å². The third kappa shape index (κ3) is 2.80. The molecule has 4 nitrogen and oxygen atoms in total. The van der Waals surface area contributed by atoms with E-state index in [2.05, 4.69) is 5.32 Å². The van der Waals surface area contributed by atoms with Crippen molar-refractivity contribution in [3.05, 3.63) is 0 Å². The van der Waals surface area contributed by atoms with Gasteiger partial charge in [0.2, 0.25) is 5.91 Å². The van der Waals surface area contributed by atoms with Crippen LogP contribution in [0.1, 0.15) is 57.8 Å². The van der Waals surface area contributed by atoms with Gasteiger partial charge in [0.05, 0.1) is 18.1 Å². The molecule has 2 N–H and O–H groups in total. The molecule has 5 fully saturated rings. The molecule has 0 aromatic heterocycles. The number of hydrogen-bond acceptors (Lipinski definition) is 3. The molecule has 4 bridgehead atoms. The van der Waals surface area contributed by atoms with Crippen LogP contribution in [0.2, 0.25) is 0 Å². The molecular weight excluding hydrogens is 308 g/mol. The first kappa shape index (κ1) is 15.8. The number of aliphatic hydroxyl groups is 1. The van der Waals surface area contributed by atoms with Crippen LogP contribution < -0.4 is 5.32 Å². The molecule has 23 heavy (non-hydrogen) atoms. The molecule has 1 atom stereocenters. The maximum Gasteiger partial charge on any atom is 0.232 e. The van der Waals surface area contributed by atoms with Gasteiger partial charge < -0.3 is 15.3 Å². The van der Waals surface area contributed by atoms with Gasteiger partial charge in [0.1, 0.15) is 0 Å². The number of hydrogen-bond donors (Lipinski definition) is 2. The third-order valence-corrected chi connectivity index (χ3v) is 7.18. The highest BCUT2D eigenvalue weighted by Crippen LogP contribution is 2.60. The molecule has 5 heteroatoms. The average Bonchev–Trinajstić information content (AvgIpc) is 2.53. The zero-order valence-electron chi connectivity index (χ0n) is 13.8. The van der Waals surface area contributed by atoms with E-state index in [-0.39, 0.29) is 24.0 Å². The first-order chi connectivity index (χ1) is 11.1. The number of aliphatic hydroxyl groups excluding tert-OH is 1. The summed E-state index contributed by atoms with van der Waals surface area (Å²) in [7, 11) is 0. The van der Waals surface area contributed by atoms with Crippen molar-refractivity contribution in [3.8, 4) is 0 Å². The smallest absolute Gasteiger partial charge is 0.232 e. The molecule has 1 saturated heterocycles. The van der Waals surface area contributed by atoms with Gasteiger partial charge in [0.15, 0.2) is 5.11 Å². The molecule has 1 amide bonds. The van der Waals surface area contributed by atoms with Crippen LogP contribution in [0.4, 0.5) is 0 Å². The number of nitrogens with one attached hydrogen (secondary N) is 1. The average molecular weight is 337 g/mol. The van der Waals surface area contributed by atoms with Crippen molar-refractivity contribution >= 4 is 23.2 Å². The van der Waals surface area contributed by atoms with Gasteiger partial charge in [-0.25, -0.2) is 0 Å². The number of nitrogens with zero attached hydrogens (tertiary/aromatic N) is 1. The predicted molar refractivity (Wildman–Crippen MR) is 92.8 cm³/mol. The summed E-state index contributed by atoms with van der Waals surface area (Å²) in [5, 5.41) is 13.2. The van der Waals surface area contributed by atoms with E-state index in [0.717, 1.165) is 62.8 Å². The second-order valence-corrected chi connectivity index (χ2v) is 8.87. The molecule has 0 spiro atoms. The van der Waals surface area contributed by atoms with E-state index >= 15 is 0 Å². The van der Waals surface area contributed by atoms with Crippen molar-refractivity contribution in [1.82, 2.24) is 10.2 Å². The molecule has 128 valence electrons. The zero-order valence-corrected chi connectivity index (χ0v) is 14.6. The Morgan fingerprint density at radius 2 is 1.74 bits per heavy atom. The molecule has 5 rings (SSSR count). The van der Waals surface area contributed by atoms with Crippen LogP contribution in [0.5, 0.6) is 0 Å². The lowest BCUT2D eigenvalue weighted by Crippen LogP contribution is -2.58. The van der Waals surface area contributed by atoms with Crippen LogP contribution in [0.3, 0.4) is 0 Å². The summed E-state index contributed by atoms with van der Waals surface area (Å²) in [5.74, 6) is 2.46. The van der Waals surface area contributed by atoms with E-state index in [9.17, 15) is 9.90 Å². The Balaban J connectivity index is 1.44. The summed E-state index contributed by atoms with van der Waals surface area (Å²) in [6, 6.07) is 0.0768. The monoisotopic (exact) mass is 336 g/mol. The third-order valence-electron chi connectivity index (χ3n) is 6.84. The fraction of sp³-hybridized carbons (Fsp3) is 0.889. The fourth-order valence-corrected chi connectivity index (χ4v) is 6.48. The molecule has 0 aromatic rings. The number of piperidine rings is 1. The minimum atomic E-state index is -0.149. The van der Waals surface area contributed by atoms with Crippen LogP contribution in [-0.2, 0) is 4.79 Å². The first-order valence-electron chi connectivity index (χ1n) is 9.32. The molecule has 0 unspecified atom stereocenters. The second kappa shape index (κ2) is 5.99. The van der Waals surface area contributed by atoms with Crippen molar-refractivity contribution < 1.29 is 9.90 Å². The minimum Gasteiger partial charge on any atom is -0.394 e. The van der Waals surface area contributed by atoms with Crippen molar-refractivity contribution in [2.45, 2.75) is 63.8 Å². The van der Waals surface area contributed by atoms with E-state index in [1.807, 2.05) is 4.90 Å². The summed E-state index contributed by atoms with van der Waals surface area (Å²) in [5.41, 5.74) is -0.149. The Morgan fingerprint density at radius 1 is 1.13 bits per heavy atom. The summed E-state index contributed by atoms with van der Waals surface area (Å²) >= 11 is 5.53. The fourth-order valence-electron chi connectivity index (χ4n) is 6.15. The van der Waals surface area contributed by atoms with Gasteiger partial charge in [-0.15, -0.1) is 0 Å². The summed E-state index contributed by atoms with van der Waals surface area (Å²) < 4.78 is 0. The Kier molecular flexibility index (Phi) is 4.12. The van der Waals surface area contributed by atoms with Gasteiger partial charge in [-0.3, -0.25) is 4.79 Å². The van der Waals surface area contributed by atoms with Gasteiger partial charge in [0.25, 0.3) is 0 Å². The lowest BCUT2D eigenvalue weighted by atomic mass is 9.49. The van der Waals surface area contributed by atoms with Crippen LogP contribution in [-0.4, -0.2) is 40.2 Å². The molecule has 1 heterocycles. The standard InChI is InChI=1S/C18H28N2O2S/c21-11-15-3-1-2-4-20(15)17(23)19-16(22)18-8-12-5-13(9-18)7-14(6-12)10-18/h12-15,21H,1-11H2,(H,19,22,23)/t12?,13?,14?,15-,18?/m0/s1. The molecule has 5 aliphatic rings. The lowest BCUT2D eigenvalue weighted by molar-refractivity contribution is -0.144. The van der Waals surface area contributed by atoms with Crippen molar-refractivity contribution in [2.75, 3.05) is 13.2 Å². The Bertz CT molecular complexity index is 472. The molecular formula is C18H28N2O2S. The lowest BCUT2D eigenvalue weighted by Gasteiger charge is -2.55. The molecule has 1 aliphatic heterocycles. The van der Waals surface area contributed by atoms with E-state index in [4.69, 9.17) is 12.2 Å². The van der Waals surface area contributed by atoms with Crippen LogP contribution in [0.25, 0.3) is 0 Å². The molecule has 0 radical (unpaired) electrons. The number of rotatable bonds is 2. The summed E-state index contributed by atoms with van der Waals surface area (Å²) in [6.45, 7) is 0.971. The van der Waals surface area contributed by atoms with Gasteiger partial charge >= 0.3 is 0 Å². The number of likely N-dealkylation sites (tertiary alicyclic amines) is 1. The first-order valence-corrected chi connectivity index (χ1v) is 9.73. The predicted octanol–water partition coefficient (Wildman–Crippen LogP) is 2.45. The largest absolute Gasteiger partial charge is 0.394 e. The molecule has 4 saturated carbocycles. The number of amides is 1. The van der Waals surface area contributed by atoms with Crippen molar-refractivity contribution in [1.29, 1.82) is 0 Å². The van der Waals surface area contributed by atoms with E-state index < -0.39 is 0 Å². The van der Waals surface area contributed by atoms with Crippen LogP contribution in [0.15, 0.2) is 0 Å². The highest BCUT2D eigenvalue weighted by molar-refractivity contribution is 7.80. The highest BCUT2D eigenvalue weighted by atomic mass is 32.1. The Morgan fingerprint density at radius 3 is 2.30 bits per heavy atom. The van der Waals surface area contributed by atoms with E-state index in [1.165, 1.54) is 19.3 Å². The van der Waals surface area contributed by atoms with Gasteiger partial charge in [-0.1, -0.05) is 0 Å². The van der Waals surface area contributed by atoms with E-state index in [0.29, 0.717) is 5.11 Å². The number of carbonyl (C=O) groups excluding carboxylic acids is 1. The zero-order chi connectivity index (χ0) is 16.0. The molecule has 4 aliphatic carbocycles. The number of carbonyl (C=O) groups is 1. The topological polar surface area (TPSA) is 52.6 Å². The highest BCUT2D eigenvalue weighted by Gasteiger charge is 2.54. The van der Waals surface area contributed by atoms with Crippen molar-refractivity contribution in [3.63, 3.8) is 0 Å². The van der Waals surface area contributed by atoms with Crippen LogP contribution in [0, 0.1) is 23.2 Å². The molecule has 0 aromatic carbocycles. The maximum absolute atomic E-state index is 13.1. The normalized spacial score (nSPS) is 41.9. The van der Waals surface area contributed by atoms with Gasteiger partial charge in [-0.05, 0) is 87.8 Å². The Labute approximate surface area is 144 Å². The minimum absolute atomic E-state index is 0.0768.